The van der Waals surface area contributed by atoms with Crippen LogP contribution in [0.15, 0.2) is 71.6 Å². The molecule has 216 valence electrons. The van der Waals surface area contributed by atoms with Crippen LogP contribution < -0.4 is 4.90 Å². The largest absolute Gasteiger partial charge is 0.471 e. The fourth-order valence-corrected chi connectivity index (χ4v) is 7.41. The van der Waals surface area contributed by atoms with Gasteiger partial charge in [-0.05, 0) is 58.9 Å². The normalized spacial score (nSPS) is 20.8. The summed E-state index contributed by atoms with van der Waals surface area (Å²) in [6.07, 6.45) is -3.96. The average Bonchev–Trinajstić information content (AvgIpc) is 3.44. The van der Waals surface area contributed by atoms with Crippen LogP contribution in [0.3, 0.4) is 0 Å². The number of likely N-dealkylation sites (tertiary alicyclic amines) is 1. The highest BCUT2D eigenvalue weighted by molar-refractivity contribution is 7.90. The third kappa shape index (κ3) is 4.61. The maximum absolute atomic E-state index is 14.4. The highest BCUT2D eigenvalue weighted by atomic mass is 32.2. The van der Waals surface area contributed by atoms with Crippen molar-refractivity contribution in [3.8, 4) is 11.1 Å². The van der Waals surface area contributed by atoms with Gasteiger partial charge in [-0.1, -0.05) is 56.3 Å². The molecule has 0 aromatic heterocycles. The monoisotopic (exact) mass is 586 g/mol. The summed E-state index contributed by atoms with van der Waals surface area (Å²) >= 11 is 0. The fraction of sp³-hybridized carbons (Fsp3) is 0.333. The number of aliphatic hydroxyl groups is 1. The second kappa shape index (κ2) is 9.99. The number of hydrogen-bond donors (Lipinski definition) is 1. The van der Waals surface area contributed by atoms with E-state index >= 15 is 0 Å². The summed E-state index contributed by atoms with van der Waals surface area (Å²) in [6, 6.07) is 17.5. The molecular weight excluding hydrogens is 557 g/mol. The zero-order valence-electron chi connectivity index (χ0n) is 22.6. The maximum atomic E-state index is 14.4. The van der Waals surface area contributed by atoms with Crippen LogP contribution in [0.1, 0.15) is 31.4 Å². The summed E-state index contributed by atoms with van der Waals surface area (Å²) in [5, 5.41) is 9.62. The summed E-state index contributed by atoms with van der Waals surface area (Å²) < 4.78 is 65.4. The van der Waals surface area contributed by atoms with E-state index in [9.17, 15) is 36.3 Å². The van der Waals surface area contributed by atoms with Crippen LogP contribution in [0.2, 0.25) is 0 Å². The fourth-order valence-electron chi connectivity index (χ4n) is 6.46. The zero-order valence-corrected chi connectivity index (χ0v) is 23.5. The van der Waals surface area contributed by atoms with Crippen LogP contribution in [-0.4, -0.2) is 55.3 Å². The van der Waals surface area contributed by atoms with Crippen molar-refractivity contribution in [2.24, 2.45) is 5.92 Å². The molecule has 0 aliphatic carbocycles. The number of alkyl halides is 3. The van der Waals surface area contributed by atoms with E-state index in [-0.39, 0.29) is 23.4 Å². The van der Waals surface area contributed by atoms with Crippen LogP contribution in [0.4, 0.5) is 24.5 Å². The zero-order chi connectivity index (χ0) is 29.9. The number of rotatable bonds is 5. The molecule has 1 spiro atoms. The van der Waals surface area contributed by atoms with E-state index < -0.39 is 51.8 Å². The number of benzene rings is 3. The van der Waals surface area contributed by atoms with Gasteiger partial charge in [-0.3, -0.25) is 14.5 Å². The molecule has 2 aliphatic rings. The standard InChI is InChI=1S/C30H29F3N2O5S/c1-18(2)26-29(13-14-34(26)28(38)30(31,32)33)23-9-4-5-10-24(23)35(27(29)37)22-8-6-7-19(15-22)20-11-12-21(17-36)25(16-20)41(3,39)40/h4-12,15-16,18,26,36H,13-14,17H2,1-3H3/t26-,29-/m0/s1. The predicted octanol–water partition coefficient (Wildman–Crippen LogP) is 4.98. The van der Waals surface area contributed by atoms with Gasteiger partial charge in [0.2, 0.25) is 5.91 Å². The summed E-state index contributed by atoms with van der Waals surface area (Å²) in [5.41, 5.74) is 1.58. The van der Waals surface area contributed by atoms with Gasteiger partial charge in [-0.2, -0.15) is 13.2 Å². The van der Waals surface area contributed by atoms with Gasteiger partial charge in [-0.15, -0.1) is 0 Å². The Morgan fingerprint density at radius 2 is 1.73 bits per heavy atom. The Morgan fingerprint density at radius 1 is 1.05 bits per heavy atom. The highest BCUT2D eigenvalue weighted by Gasteiger charge is 2.64. The van der Waals surface area contributed by atoms with Crippen molar-refractivity contribution in [3.63, 3.8) is 0 Å². The molecule has 2 amide bonds. The van der Waals surface area contributed by atoms with Crippen molar-refractivity contribution in [3.05, 3.63) is 77.9 Å². The third-order valence-electron chi connectivity index (χ3n) is 8.01. The van der Waals surface area contributed by atoms with E-state index in [2.05, 4.69) is 0 Å². The molecule has 0 unspecified atom stereocenters. The Kier molecular flexibility index (Phi) is 7.02. The van der Waals surface area contributed by atoms with Gasteiger partial charge in [0.05, 0.1) is 28.6 Å². The Bertz CT molecular complexity index is 1650. The number of nitrogens with zero attached hydrogens (tertiary/aromatic N) is 2. The van der Waals surface area contributed by atoms with Crippen LogP contribution in [0.5, 0.6) is 0 Å². The van der Waals surface area contributed by atoms with Gasteiger partial charge < -0.3 is 10.0 Å². The van der Waals surface area contributed by atoms with E-state index in [0.29, 0.717) is 28.1 Å². The second-order valence-electron chi connectivity index (χ2n) is 10.9. The Balaban J connectivity index is 1.63. The molecule has 11 heteroatoms. The first-order valence-electron chi connectivity index (χ1n) is 13.1. The van der Waals surface area contributed by atoms with E-state index in [0.717, 1.165) is 11.2 Å². The van der Waals surface area contributed by atoms with Crippen molar-refractivity contribution in [1.29, 1.82) is 0 Å². The van der Waals surface area contributed by atoms with E-state index in [1.54, 1.807) is 68.4 Å². The highest BCUT2D eigenvalue weighted by Crippen LogP contribution is 2.55. The Morgan fingerprint density at radius 3 is 2.37 bits per heavy atom. The van der Waals surface area contributed by atoms with Gasteiger partial charge in [0.25, 0.3) is 0 Å². The van der Waals surface area contributed by atoms with Crippen LogP contribution in [0, 0.1) is 5.92 Å². The molecule has 3 aromatic carbocycles. The van der Waals surface area contributed by atoms with Gasteiger partial charge in [-0.25, -0.2) is 8.42 Å². The first kappa shape index (κ1) is 28.8. The lowest BCUT2D eigenvalue weighted by atomic mass is 9.71. The first-order chi connectivity index (χ1) is 19.2. The van der Waals surface area contributed by atoms with E-state index in [4.69, 9.17) is 0 Å². The van der Waals surface area contributed by atoms with Crippen molar-refractivity contribution in [1.82, 2.24) is 4.90 Å². The summed E-state index contributed by atoms with van der Waals surface area (Å²) in [7, 11) is -3.64. The molecule has 1 fully saturated rings. The SMILES string of the molecule is CC(C)[C@@H]1N(C(=O)C(F)(F)F)CC[C@@]12C(=O)N(c1cccc(-c3ccc(CO)c(S(C)(=O)=O)c3)c1)c1ccccc12. The van der Waals surface area contributed by atoms with Crippen molar-refractivity contribution < 1.29 is 36.3 Å². The molecule has 3 aromatic rings. The minimum Gasteiger partial charge on any atom is -0.392 e. The summed E-state index contributed by atoms with van der Waals surface area (Å²) in [5.74, 6) is -2.82. The smallest absolute Gasteiger partial charge is 0.392 e. The van der Waals surface area contributed by atoms with Crippen molar-refractivity contribution >= 4 is 33.0 Å². The molecule has 1 saturated heterocycles. The molecule has 2 aliphatic heterocycles. The molecule has 0 radical (unpaired) electrons. The minimum atomic E-state index is -5.07. The number of para-hydroxylation sites is 1. The Hall–Kier alpha value is -3.70. The molecule has 2 heterocycles. The lowest BCUT2D eigenvalue weighted by Gasteiger charge is -2.37. The number of halogens is 3. The van der Waals surface area contributed by atoms with E-state index in [1.165, 1.54) is 17.0 Å². The molecule has 5 rings (SSSR count). The van der Waals surface area contributed by atoms with Gasteiger partial charge in [0.15, 0.2) is 9.84 Å². The minimum absolute atomic E-state index is 0.00963. The van der Waals surface area contributed by atoms with Crippen LogP contribution in [0.25, 0.3) is 11.1 Å². The molecule has 0 bridgehead atoms. The number of fused-ring (bicyclic) bond motifs is 2. The number of carbonyl (C=O) groups excluding carboxylic acids is 2. The number of anilines is 2. The molecular formula is C30H29F3N2O5S. The lowest BCUT2D eigenvalue weighted by Crippen LogP contribution is -2.54. The number of amides is 2. The molecule has 1 N–H and O–H groups in total. The van der Waals surface area contributed by atoms with Crippen molar-refractivity contribution in [2.45, 2.75) is 49.4 Å². The molecule has 2 atom stereocenters. The average molecular weight is 587 g/mol. The molecule has 0 saturated carbocycles. The number of hydrogen-bond acceptors (Lipinski definition) is 5. The maximum Gasteiger partial charge on any atom is 0.471 e. The second-order valence-corrected chi connectivity index (χ2v) is 12.9. The van der Waals surface area contributed by atoms with Gasteiger partial charge in [0.1, 0.15) is 0 Å². The number of aliphatic hydroxyl groups excluding tert-OH is 1. The van der Waals surface area contributed by atoms with Gasteiger partial charge >= 0.3 is 12.1 Å². The first-order valence-corrected chi connectivity index (χ1v) is 15.0. The Labute approximate surface area is 236 Å². The van der Waals surface area contributed by atoms with Crippen LogP contribution in [-0.2, 0) is 31.4 Å². The van der Waals surface area contributed by atoms with Gasteiger partial charge in [0, 0.05) is 18.5 Å². The number of sulfone groups is 1. The van der Waals surface area contributed by atoms with Crippen molar-refractivity contribution in [2.75, 3.05) is 17.7 Å². The predicted molar refractivity (Wildman–Crippen MR) is 147 cm³/mol. The topological polar surface area (TPSA) is 95.0 Å². The lowest BCUT2D eigenvalue weighted by molar-refractivity contribution is -0.187. The number of carbonyl (C=O) groups is 2. The third-order valence-corrected chi connectivity index (χ3v) is 9.19. The van der Waals surface area contributed by atoms with Crippen LogP contribution >= 0.6 is 0 Å². The molecule has 41 heavy (non-hydrogen) atoms. The molecule has 7 nitrogen and oxygen atoms in total. The summed E-state index contributed by atoms with van der Waals surface area (Å²) in [4.78, 5) is 29.2. The summed E-state index contributed by atoms with van der Waals surface area (Å²) in [6.45, 7) is 2.77. The van der Waals surface area contributed by atoms with E-state index in [1.807, 2.05) is 0 Å². The quantitative estimate of drug-likeness (QED) is 0.455.